The first kappa shape index (κ1) is 12.9. The van der Waals surface area contributed by atoms with Crippen molar-refractivity contribution in [2.24, 2.45) is 0 Å². The summed E-state index contributed by atoms with van der Waals surface area (Å²) in [5, 5.41) is 8.99. The third-order valence-electron chi connectivity index (χ3n) is 2.96. The second kappa shape index (κ2) is 4.76. The SMILES string of the molecule is N#Cc1ccc2nc(N)n(-c3ccc(F)cc3I)c2c1. The summed E-state index contributed by atoms with van der Waals surface area (Å²) >= 11 is 2.05. The van der Waals surface area contributed by atoms with Crippen molar-refractivity contribution in [2.75, 3.05) is 5.73 Å². The van der Waals surface area contributed by atoms with E-state index in [0.717, 1.165) is 14.8 Å². The molecule has 6 heteroatoms. The maximum absolute atomic E-state index is 13.2. The molecule has 0 atom stereocenters. The molecule has 0 saturated carbocycles. The van der Waals surface area contributed by atoms with Gasteiger partial charge in [-0.3, -0.25) is 4.57 Å². The molecule has 0 aliphatic carbocycles. The van der Waals surface area contributed by atoms with E-state index in [4.69, 9.17) is 11.0 Å². The lowest BCUT2D eigenvalue weighted by atomic mass is 10.2. The van der Waals surface area contributed by atoms with Gasteiger partial charge >= 0.3 is 0 Å². The van der Waals surface area contributed by atoms with Crippen LogP contribution in [-0.4, -0.2) is 9.55 Å². The van der Waals surface area contributed by atoms with Crippen LogP contribution in [0.5, 0.6) is 0 Å². The van der Waals surface area contributed by atoms with Crippen LogP contribution in [0.15, 0.2) is 36.4 Å². The van der Waals surface area contributed by atoms with E-state index in [9.17, 15) is 4.39 Å². The van der Waals surface area contributed by atoms with E-state index < -0.39 is 0 Å². The molecule has 0 fully saturated rings. The van der Waals surface area contributed by atoms with Gasteiger partial charge < -0.3 is 5.73 Å². The Balaban J connectivity index is 2.35. The van der Waals surface area contributed by atoms with Gasteiger partial charge in [-0.2, -0.15) is 5.26 Å². The Labute approximate surface area is 127 Å². The van der Waals surface area contributed by atoms with Crippen molar-refractivity contribution < 1.29 is 4.39 Å². The van der Waals surface area contributed by atoms with Gasteiger partial charge in [-0.05, 0) is 59.0 Å². The minimum Gasteiger partial charge on any atom is -0.369 e. The van der Waals surface area contributed by atoms with Gasteiger partial charge in [0.25, 0.3) is 0 Å². The molecule has 0 radical (unpaired) electrons. The highest BCUT2D eigenvalue weighted by Crippen LogP contribution is 2.27. The summed E-state index contributed by atoms with van der Waals surface area (Å²) in [6.07, 6.45) is 0. The van der Waals surface area contributed by atoms with Gasteiger partial charge in [-0.1, -0.05) is 0 Å². The maximum atomic E-state index is 13.2. The molecule has 0 amide bonds. The Morgan fingerprint density at radius 2 is 2.05 bits per heavy atom. The van der Waals surface area contributed by atoms with Crippen molar-refractivity contribution >= 4 is 39.6 Å². The fourth-order valence-electron chi connectivity index (χ4n) is 2.08. The Morgan fingerprint density at radius 3 is 2.75 bits per heavy atom. The smallest absolute Gasteiger partial charge is 0.205 e. The highest BCUT2D eigenvalue weighted by atomic mass is 127. The molecular weight excluding hydrogens is 370 g/mol. The summed E-state index contributed by atoms with van der Waals surface area (Å²) < 4.78 is 15.7. The predicted octanol–water partition coefficient (Wildman–Crippen LogP) is 3.22. The lowest BCUT2D eigenvalue weighted by molar-refractivity contribution is 0.626. The average molecular weight is 378 g/mol. The van der Waals surface area contributed by atoms with Crippen LogP contribution in [0.3, 0.4) is 0 Å². The monoisotopic (exact) mass is 378 g/mol. The van der Waals surface area contributed by atoms with E-state index in [1.54, 1.807) is 28.8 Å². The fraction of sp³-hybridized carbons (Fsp3) is 0. The number of anilines is 1. The van der Waals surface area contributed by atoms with Crippen LogP contribution >= 0.6 is 22.6 Å². The molecule has 4 nitrogen and oxygen atoms in total. The molecule has 2 N–H and O–H groups in total. The highest BCUT2D eigenvalue weighted by molar-refractivity contribution is 14.1. The molecule has 3 rings (SSSR count). The van der Waals surface area contributed by atoms with Gasteiger partial charge in [0.2, 0.25) is 5.95 Å². The molecule has 0 unspecified atom stereocenters. The number of nitrogens with two attached hydrogens (primary N) is 1. The lowest BCUT2D eigenvalue weighted by Crippen LogP contribution is -2.02. The first-order valence-corrected chi connectivity index (χ1v) is 6.81. The molecule has 1 aromatic heterocycles. The number of imidazole rings is 1. The van der Waals surface area contributed by atoms with Gasteiger partial charge in [0, 0.05) is 3.57 Å². The third kappa shape index (κ3) is 2.00. The van der Waals surface area contributed by atoms with Crippen molar-refractivity contribution in [3.05, 3.63) is 51.3 Å². The standard InChI is InChI=1S/C14H8FIN4/c15-9-2-4-12(10(16)6-9)20-13-5-8(7-17)1-3-11(13)19-14(20)18/h1-6H,(H2,18,19). The van der Waals surface area contributed by atoms with Crippen LogP contribution in [0.4, 0.5) is 10.3 Å². The molecule has 0 aliphatic heterocycles. The fourth-order valence-corrected chi connectivity index (χ4v) is 2.80. The number of benzene rings is 2. The summed E-state index contributed by atoms with van der Waals surface area (Å²) in [7, 11) is 0. The second-order valence-corrected chi connectivity index (χ2v) is 5.38. The molecule has 20 heavy (non-hydrogen) atoms. The molecule has 1 heterocycles. The van der Waals surface area contributed by atoms with E-state index >= 15 is 0 Å². The zero-order valence-corrected chi connectivity index (χ0v) is 12.3. The van der Waals surface area contributed by atoms with Gasteiger partial charge in [-0.15, -0.1) is 0 Å². The number of aromatic nitrogens is 2. The summed E-state index contributed by atoms with van der Waals surface area (Å²) in [5.74, 6) is -0.00142. The minimum atomic E-state index is -0.307. The molecular formula is C14H8FIN4. The number of nitrogen functional groups attached to an aromatic ring is 1. The van der Waals surface area contributed by atoms with Crippen molar-refractivity contribution in [2.45, 2.75) is 0 Å². The van der Waals surface area contributed by atoms with Crippen molar-refractivity contribution in [3.8, 4) is 11.8 Å². The Kier molecular flexibility index (Phi) is 3.06. The molecule has 98 valence electrons. The topological polar surface area (TPSA) is 67.6 Å². The van der Waals surface area contributed by atoms with Crippen LogP contribution in [0, 0.1) is 20.7 Å². The van der Waals surface area contributed by atoms with Gasteiger partial charge in [0.15, 0.2) is 0 Å². The highest BCUT2D eigenvalue weighted by Gasteiger charge is 2.13. The number of nitriles is 1. The Hall–Kier alpha value is -2.14. The van der Waals surface area contributed by atoms with Crippen LogP contribution in [0.1, 0.15) is 5.56 Å². The summed E-state index contributed by atoms with van der Waals surface area (Å²) in [5.41, 5.74) is 8.64. The van der Waals surface area contributed by atoms with Crippen molar-refractivity contribution in [1.82, 2.24) is 9.55 Å². The summed E-state index contributed by atoms with van der Waals surface area (Å²) in [6, 6.07) is 11.7. The molecule has 3 aromatic rings. The zero-order valence-electron chi connectivity index (χ0n) is 10.1. The summed E-state index contributed by atoms with van der Waals surface area (Å²) in [4.78, 5) is 4.26. The second-order valence-electron chi connectivity index (χ2n) is 4.22. The van der Waals surface area contributed by atoms with Gasteiger partial charge in [-0.25, -0.2) is 9.37 Å². The van der Waals surface area contributed by atoms with Crippen LogP contribution in [0.2, 0.25) is 0 Å². The number of halogens is 2. The zero-order chi connectivity index (χ0) is 14.3. The summed E-state index contributed by atoms with van der Waals surface area (Å²) in [6.45, 7) is 0. The van der Waals surface area contributed by atoms with Crippen LogP contribution in [0.25, 0.3) is 16.7 Å². The lowest BCUT2D eigenvalue weighted by Gasteiger charge is -2.09. The minimum absolute atomic E-state index is 0.305. The van der Waals surface area contributed by atoms with E-state index in [0.29, 0.717) is 17.0 Å². The first-order valence-electron chi connectivity index (χ1n) is 5.73. The number of hydrogen-bond acceptors (Lipinski definition) is 3. The van der Waals surface area contributed by atoms with Crippen molar-refractivity contribution in [3.63, 3.8) is 0 Å². The molecule has 0 bridgehead atoms. The van der Waals surface area contributed by atoms with E-state index in [2.05, 4.69) is 11.1 Å². The van der Waals surface area contributed by atoms with Crippen LogP contribution in [-0.2, 0) is 0 Å². The normalized spacial score (nSPS) is 10.7. The molecule has 2 aromatic carbocycles. The first-order chi connectivity index (χ1) is 9.60. The van der Waals surface area contributed by atoms with Gasteiger partial charge in [0.1, 0.15) is 5.82 Å². The molecule has 0 saturated heterocycles. The largest absolute Gasteiger partial charge is 0.369 e. The number of rotatable bonds is 1. The van der Waals surface area contributed by atoms with E-state index in [1.807, 2.05) is 22.6 Å². The molecule has 0 aliphatic rings. The molecule has 0 spiro atoms. The third-order valence-corrected chi connectivity index (χ3v) is 3.82. The van der Waals surface area contributed by atoms with Crippen LogP contribution < -0.4 is 5.73 Å². The average Bonchev–Trinajstić information content (AvgIpc) is 2.74. The number of fused-ring (bicyclic) bond motifs is 1. The Morgan fingerprint density at radius 1 is 1.25 bits per heavy atom. The van der Waals surface area contributed by atoms with Gasteiger partial charge in [0.05, 0.1) is 28.4 Å². The van der Waals surface area contributed by atoms with Crippen molar-refractivity contribution in [1.29, 1.82) is 5.26 Å². The quantitative estimate of drug-likeness (QED) is 0.662. The predicted molar refractivity (Wildman–Crippen MR) is 82.9 cm³/mol. The maximum Gasteiger partial charge on any atom is 0.205 e. The number of hydrogen-bond donors (Lipinski definition) is 1. The van der Waals surface area contributed by atoms with E-state index in [1.165, 1.54) is 12.1 Å². The van der Waals surface area contributed by atoms with E-state index in [-0.39, 0.29) is 5.82 Å². The number of nitrogens with zero attached hydrogens (tertiary/aromatic N) is 3. The Bertz CT molecular complexity index is 863.